The molecule has 0 aromatic heterocycles. The van der Waals surface area contributed by atoms with Gasteiger partial charge in [-0.05, 0) is 60.4 Å². The van der Waals surface area contributed by atoms with Crippen molar-refractivity contribution in [2.45, 2.75) is 60.4 Å². The van der Waals surface area contributed by atoms with Gasteiger partial charge in [-0.1, -0.05) is 0 Å². The van der Waals surface area contributed by atoms with Crippen LogP contribution < -0.4 is 11.5 Å². The van der Waals surface area contributed by atoms with Crippen molar-refractivity contribution in [2.75, 3.05) is 0 Å². The van der Waals surface area contributed by atoms with E-state index < -0.39 is 115 Å². The van der Waals surface area contributed by atoms with Gasteiger partial charge in [0, 0.05) is 22.3 Å². The lowest BCUT2D eigenvalue weighted by molar-refractivity contribution is -0.187. The van der Waals surface area contributed by atoms with Crippen molar-refractivity contribution in [2.24, 2.45) is 41.9 Å². The van der Waals surface area contributed by atoms with Gasteiger partial charge in [0.1, 0.15) is 11.6 Å². The molecule has 0 aliphatic carbocycles. The molecule has 48 heavy (non-hydrogen) atoms. The van der Waals surface area contributed by atoms with E-state index in [1.54, 1.807) is 0 Å². The second kappa shape index (κ2) is 11.5. The molecule has 24 heteroatoms. The fourth-order valence-corrected chi connectivity index (χ4v) is 6.73. The van der Waals surface area contributed by atoms with Gasteiger partial charge in [0.05, 0.1) is 0 Å². The minimum Gasteiger partial charge on any atom is -0.615 e. The average Bonchev–Trinajstić information content (AvgIpc) is 3.49. The van der Waals surface area contributed by atoms with E-state index >= 15 is 0 Å². The number of guanidine groups is 2. The Morgan fingerprint density at radius 2 is 0.938 bits per heavy atom. The van der Waals surface area contributed by atoms with Gasteiger partial charge in [-0.3, -0.25) is 0 Å². The summed E-state index contributed by atoms with van der Waals surface area (Å²) in [5, 5.41) is 3.33. The summed E-state index contributed by atoms with van der Waals surface area (Å²) in [5.74, 6) is -6.22. The molecule has 2 aliphatic heterocycles. The predicted molar refractivity (Wildman–Crippen MR) is 136 cm³/mol. The van der Waals surface area contributed by atoms with E-state index in [2.05, 4.69) is 30.4 Å². The third-order valence-corrected chi connectivity index (χ3v) is 9.00. The monoisotopic (exact) mass is 730 g/mol. The highest BCUT2D eigenvalue weighted by atomic mass is 32.2. The molecule has 0 saturated carbocycles. The number of azo groups is 2. The van der Waals surface area contributed by atoms with Crippen molar-refractivity contribution < 1.29 is 66.0 Å². The van der Waals surface area contributed by atoms with Gasteiger partial charge < -0.3 is 16.0 Å². The standard InChI is InChI=1S/C24H16F14N8OS/c1-7-3-13(25)11(19(23(33,34)35)41-17(39)43-45-19)5-9(7)15(21(27,28)29)48(47)16(22(30,31)32)10-6-12(14(26)4-8(10)2)20(24(36,37)38)42-18(40)44-46-20/h3-6,15-16H,1-2H3,(H2,39,41)(H2,40,42). The van der Waals surface area contributed by atoms with Crippen LogP contribution >= 0.6 is 0 Å². The number of aryl methyl sites for hydroxylation is 2. The maximum Gasteiger partial charge on any atom is 0.440 e. The van der Waals surface area contributed by atoms with Crippen LogP contribution in [0.3, 0.4) is 0 Å². The average molecular weight is 730 g/mol. The Morgan fingerprint density at radius 3 is 1.17 bits per heavy atom. The van der Waals surface area contributed by atoms with Crippen LogP contribution in [0.5, 0.6) is 0 Å². The Bertz CT molecular complexity index is 1620. The number of nitrogens with zero attached hydrogens (tertiary/aromatic N) is 6. The number of hydrogen-bond acceptors (Lipinski definition) is 9. The number of benzene rings is 2. The van der Waals surface area contributed by atoms with Crippen LogP contribution in [0, 0.1) is 25.5 Å². The molecule has 262 valence electrons. The second-order valence-corrected chi connectivity index (χ2v) is 11.8. The maximum atomic E-state index is 15.0. The van der Waals surface area contributed by atoms with Crippen LogP contribution in [-0.4, -0.2) is 41.2 Å². The Labute approximate surface area is 261 Å². The molecule has 4 N–H and O–H groups in total. The molecule has 2 heterocycles. The lowest BCUT2D eigenvalue weighted by Gasteiger charge is -2.34. The highest BCUT2D eigenvalue weighted by Crippen LogP contribution is 2.55. The molecule has 0 spiro atoms. The third kappa shape index (κ3) is 6.02. The molecule has 4 rings (SSSR count). The van der Waals surface area contributed by atoms with E-state index in [1.807, 2.05) is 0 Å². The quantitative estimate of drug-likeness (QED) is 0.239. The van der Waals surface area contributed by atoms with Crippen LogP contribution in [0.2, 0.25) is 0 Å². The van der Waals surface area contributed by atoms with Gasteiger partial charge in [0.25, 0.3) is 11.3 Å². The first-order chi connectivity index (χ1) is 21.7. The Morgan fingerprint density at radius 1 is 0.625 bits per heavy atom. The first-order valence-electron chi connectivity index (χ1n) is 12.5. The summed E-state index contributed by atoms with van der Waals surface area (Å²) in [6.45, 7) is 1.27. The molecular weight excluding hydrogens is 714 g/mol. The Kier molecular flexibility index (Phi) is 8.81. The van der Waals surface area contributed by atoms with Gasteiger partial charge in [-0.2, -0.15) is 52.7 Å². The van der Waals surface area contributed by atoms with Crippen LogP contribution in [0.15, 0.2) is 54.7 Å². The summed E-state index contributed by atoms with van der Waals surface area (Å²) < 4.78 is 216. The van der Waals surface area contributed by atoms with E-state index in [9.17, 15) is 66.0 Å². The third-order valence-electron chi connectivity index (χ3n) is 7.02. The molecular formula is C24H16F14N8OS. The number of alkyl halides is 12. The van der Waals surface area contributed by atoms with Crippen molar-refractivity contribution in [3.8, 4) is 0 Å². The van der Waals surface area contributed by atoms with E-state index in [0.29, 0.717) is 13.8 Å². The largest absolute Gasteiger partial charge is 0.615 e. The lowest BCUT2D eigenvalue weighted by atomic mass is 9.93. The van der Waals surface area contributed by atoms with Gasteiger partial charge in [-0.15, -0.1) is 20.5 Å². The van der Waals surface area contributed by atoms with E-state index in [1.165, 1.54) is 0 Å². The number of aliphatic imine (C=N–C) groups is 2. The number of hydrogen-bond donors (Lipinski definition) is 2. The molecule has 0 radical (unpaired) electrons. The first-order valence-corrected chi connectivity index (χ1v) is 13.8. The van der Waals surface area contributed by atoms with E-state index in [0.717, 1.165) is 0 Å². The van der Waals surface area contributed by atoms with Crippen molar-refractivity contribution >= 4 is 23.1 Å². The SMILES string of the molecule is Cc1cc(F)c(C2(C(F)(F)F)N=NC(N)=N2)cc1C([S+]([O-])C(c1cc(C2(C(F)(F)F)N=NC(N)=N2)c(F)cc1C)C(F)(F)F)C(F)(F)F. The summed E-state index contributed by atoms with van der Waals surface area (Å²) in [4.78, 5) is 5.75. The van der Waals surface area contributed by atoms with Crippen LogP contribution in [0.4, 0.5) is 61.5 Å². The van der Waals surface area contributed by atoms with Crippen LogP contribution in [0.25, 0.3) is 0 Å². The fourth-order valence-electron chi connectivity index (χ4n) is 4.92. The van der Waals surface area contributed by atoms with Crippen molar-refractivity contribution in [3.05, 3.63) is 69.3 Å². The number of rotatable bonds is 6. The van der Waals surface area contributed by atoms with Gasteiger partial charge in [0.15, 0.2) is 0 Å². The highest BCUT2D eigenvalue weighted by Gasteiger charge is 2.65. The predicted octanol–water partition coefficient (Wildman–Crippen LogP) is 7.23. The van der Waals surface area contributed by atoms with Crippen molar-refractivity contribution in [3.63, 3.8) is 0 Å². The maximum absolute atomic E-state index is 15.0. The zero-order valence-corrected chi connectivity index (χ0v) is 24.2. The van der Waals surface area contributed by atoms with Gasteiger partial charge >= 0.3 is 24.7 Å². The topological polar surface area (TPSA) is 149 Å². The Balaban J connectivity index is 2.00. The molecule has 0 bridgehead atoms. The van der Waals surface area contributed by atoms with Gasteiger partial charge in [-0.25, -0.2) is 18.8 Å². The lowest BCUT2D eigenvalue weighted by Crippen LogP contribution is -2.41. The molecule has 2 aromatic rings. The summed E-state index contributed by atoms with van der Waals surface area (Å²) >= 11 is -4.46. The van der Waals surface area contributed by atoms with E-state index in [4.69, 9.17) is 11.5 Å². The Hall–Kier alpha value is -4.09. The summed E-state index contributed by atoms with van der Waals surface area (Å²) in [7, 11) is 0. The second-order valence-electron chi connectivity index (χ2n) is 10.2. The normalized spacial score (nSPS) is 23.7. The molecule has 4 atom stereocenters. The van der Waals surface area contributed by atoms with Crippen LogP contribution in [-0.2, 0) is 22.5 Å². The van der Waals surface area contributed by atoms with Crippen molar-refractivity contribution in [1.29, 1.82) is 0 Å². The van der Waals surface area contributed by atoms with Gasteiger partial charge in [0.2, 0.25) is 22.4 Å². The minimum atomic E-state index is -6.03. The first kappa shape index (κ1) is 36.7. The van der Waals surface area contributed by atoms with Crippen LogP contribution in [0.1, 0.15) is 43.9 Å². The molecule has 0 saturated heterocycles. The van der Waals surface area contributed by atoms with Crippen molar-refractivity contribution in [1.82, 2.24) is 0 Å². The number of halogens is 14. The minimum absolute atomic E-state index is 0.0537. The highest BCUT2D eigenvalue weighted by molar-refractivity contribution is 7.92. The number of nitrogens with two attached hydrogens (primary N) is 2. The zero-order valence-electron chi connectivity index (χ0n) is 23.4. The molecule has 2 aromatic carbocycles. The summed E-state index contributed by atoms with van der Waals surface area (Å²) in [6, 6.07) is -0.308. The summed E-state index contributed by atoms with van der Waals surface area (Å²) in [5.41, 5.74) is -6.73. The molecule has 4 unspecified atom stereocenters. The molecule has 2 aliphatic rings. The fraction of sp³-hybridized carbons (Fsp3) is 0.417. The smallest absolute Gasteiger partial charge is 0.440 e. The zero-order chi connectivity index (χ0) is 36.6. The molecule has 0 fully saturated rings. The van der Waals surface area contributed by atoms with E-state index in [-0.39, 0.29) is 24.3 Å². The summed E-state index contributed by atoms with van der Waals surface area (Å²) in [6.07, 6.45) is -23.5. The molecule has 0 amide bonds. The molecule has 9 nitrogen and oxygen atoms in total.